The highest BCUT2D eigenvalue weighted by Crippen LogP contribution is 2.11. The van der Waals surface area contributed by atoms with Crippen LogP contribution in [0.1, 0.15) is 6.92 Å². The largest absolute Gasteiger partial charge is 0.424 e. The van der Waals surface area contributed by atoms with E-state index in [1.54, 1.807) is 30.3 Å². The number of carbonyl (C=O) groups is 1. The van der Waals surface area contributed by atoms with E-state index >= 15 is 0 Å². The van der Waals surface area contributed by atoms with Crippen molar-refractivity contribution in [3.05, 3.63) is 40.4 Å². The molecule has 0 aromatic heterocycles. The summed E-state index contributed by atoms with van der Waals surface area (Å²) in [5.41, 5.74) is 0. The molecule has 74 valence electrons. The van der Waals surface area contributed by atoms with Gasteiger partial charge >= 0.3 is 6.23 Å². The van der Waals surface area contributed by atoms with Gasteiger partial charge in [0.25, 0.3) is 0 Å². The number of para-hydroxylation sites is 1. The molecular formula is C9H9NO4. The highest BCUT2D eigenvalue weighted by atomic mass is 16.7. The molecule has 0 bridgehead atoms. The number of benzene rings is 1. The first kappa shape index (κ1) is 10.2. The number of ketones is 1. The Balaban J connectivity index is 2.75. The zero-order valence-electron chi connectivity index (χ0n) is 7.54. The quantitative estimate of drug-likeness (QED) is 0.412. The fourth-order valence-electron chi connectivity index (χ4n) is 0.902. The second-order valence-corrected chi connectivity index (χ2v) is 2.68. The topological polar surface area (TPSA) is 69.4 Å². The van der Waals surface area contributed by atoms with E-state index in [2.05, 4.69) is 0 Å². The van der Waals surface area contributed by atoms with Crippen LogP contribution in [0.2, 0.25) is 0 Å². The first-order valence-electron chi connectivity index (χ1n) is 3.97. The lowest BCUT2D eigenvalue weighted by molar-refractivity contribution is -0.545. The van der Waals surface area contributed by atoms with Crippen molar-refractivity contribution in [3.8, 4) is 5.75 Å². The van der Waals surface area contributed by atoms with Crippen LogP contribution in [0.15, 0.2) is 30.3 Å². The third kappa shape index (κ3) is 2.55. The van der Waals surface area contributed by atoms with Crippen LogP contribution >= 0.6 is 0 Å². The van der Waals surface area contributed by atoms with Gasteiger partial charge in [0, 0.05) is 6.92 Å². The van der Waals surface area contributed by atoms with Gasteiger partial charge in [-0.1, -0.05) is 18.2 Å². The SMILES string of the molecule is CC(=O)C(Oc1ccccc1)[N+](=O)[O-]. The Bertz CT molecular complexity index is 322. The lowest BCUT2D eigenvalue weighted by Crippen LogP contribution is -2.33. The number of Topliss-reactive ketones (excluding diaryl/α,β-unsaturated/α-hetero) is 1. The van der Waals surface area contributed by atoms with Gasteiger partial charge in [0.1, 0.15) is 5.75 Å². The van der Waals surface area contributed by atoms with Crippen molar-refractivity contribution in [2.45, 2.75) is 13.2 Å². The molecule has 5 nitrogen and oxygen atoms in total. The summed E-state index contributed by atoms with van der Waals surface area (Å²) in [5, 5.41) is 10.4. The average Bonchev–Trinajstić information content (AvgIpc) is 2.15. The van der Waals surface area contributed by atoms with E-state index in [4.69, 9.17) is 4.74 Å². The van der Waals surface area contributed by atoms with E-state index in [0.717, 1.165) is 6.92 Å². The average molecular weight is 195 g/mol. The van der Waals surface area contributed by atoms with Crippen LogP contribution in [0.3, 0.4) is 0 Å². The Morgan fingerprint density at radius 3 is 2.43 bits per heavy atom. The molecule has 0 heterocycles. The first-order valence-corrected chi connectivity index (χ1v) is 3.97. The van der Waals surface area contributed by atoms with Gasteiger partial charge in [0.15, 0.2) is 0 Å². The number of ether oxygens (including phenoxy) is 1. The lowest BCUT2D eigenvalue weighted by atomic mass is 10.3. The normalized spacial score (nSPS) is 11.8. The predicted molar refractivity (Wildman–Crippen MR) is 48.5 cm³/mol. The summed E-state index contributed by atoms with van der Waals surface area (Å²) >= 11 is 0. The Kier molecular flexibility index (Phi) is 3.17. The Hall–Kier alpha value is -1.91. The fraction of sp³-hybridized carbons (Fsp3) is 0.222. The molecule has 0 amide bonds. The van der Waals surface area contributed by atoms with E-state index in [1.165, 1.54) is 0 Å². The maximum absolute atomic E-state index is 10.8. The first-order chi connectivity index (χ1) is 6.61. The summed E-state index contributed by atoms with van der Waals surface area (Å²) in [5.74, 6) is -0.316. The third-order valence-corrected chi connectivity index (χ3v) is 1.53. The summed E-state index contributed by atoms with van der Waals surface area (Å²) in [6, 6.07) is 8.21. The van der Waals surface area contributed by atoms with Gasteiger partial charge in [0.05, 0.1) is 4.92 Å². The number of hydrogen-bond acceptors (Lipinski definition) is 4. The second-order valence-electron chi connectivity index (χ2n) is 2.68. The summed E-state index contributed by atoms with van der Waals surface area (Å²) < 4.78 is 4.89. The molecule has 1 aromatic carbocycles. The van der Waals surface area contributed by atoms with E-state index in [0.29, 0.717) is 5.75 Å². The second kappa shape index (κ2) is 4.36. The fourth-order valence-corrected chi connectivity index (χ4v) is 0.902. The molecule has 5 heteroatoms. The summed E-state index contributed by atoms with van der Waals surface area (Å²) in [7, 11) is 0. The van der Waals surface area contributed by atoms with Gasteiger partial charge in [-0.25, -0.2) is 0 Å². The van der Waals surface area contributed by atoms with Crippen molar-refractivity contribution >= 4 is 5.78 Å². The zero-order chi connectivity index (χ0) is 10.6. The molecule has 0 radical (unpaired) electrons. The minimum atomic E-state index is -1.61. The van der Waals surface area contributed by atoms with Crippen molar-refractivity contribution < 1.29 is 14.5 Å². The molecule has 0 aliphatic heterocycles. The molecular weight excluding hydrogens is 186 g/mol. The van der Waals surface area contributed by atoms with Crippen LogP contribution in [-0.4, -0.2) is 16.9 Å². The van der Waals surface area contributed by atoms with Crippen molar-refractivity contribution in [2.24, 2.45) is 0 Å². The van der Waals surface area contributed by atoms with Crippen LogP contribution in [0.5, 0.6) is 5.75 Å². The smallest absolute Gasteiger partial charge is 0.413 e. The minimum Gasteiger partial charge on any atom is -0.424 e. The van der Waals surface area contributed by atoms with Gasteiger partial charge < -0.3 is 4.74 Å². The molecule has 1 atom stereocenters. The Labute approximate surface area is 80.5 Å². The van der Waals surface area contributed by atoms with Gasteiger partial charge in [-0.3, -0.25) is 14.9 Å². The number of rotatable bonds is 4. The predicted octanol–water partition coefficient (Wildman–Crippen LogP) is 1.26. The Morgan fingerprint density at radius 1 is 1.43 bits per heavy atom. The highest BCUT2D eigenvalue weighted by Gasteiger charge is 2.27. The monoisotopic (exact) mass is 195 g/mol. The van der Waals surface area contributed by atoms with Crippen LogP contribution < -0.4 is 4.74 Å². The lowest BCUT2D eigenvalue weighted by Gasteiger charge is -2.08. The molecule has 0 saturated carbocycles. The van der Waals surface area contributed by atoms with Gasteiger partial charge in [0.2, 0.25) is 5.78 Å². The molecule has 1 rings (SSSR count). The molecule has 0 fully saturated rings. The van der Waals surface area contributed by atoms with Crippen molar-refractivity contribution in [1.82, 2.24) is 0 Å². The third-order valence-electron chi connectivity index (χ3n) is 1.53. The summed E-state index contributed by atoms with van der Waals surface area (Å²) in [4.78, 5) is 20.5. The number of nitrogens with zero attached hydrogens (tertiary/aromatic N) is 1. The Morgan fingerprint density at radius 2 is 2.00 bits per heavy atom. The van der Waals surface area contributed by atoms with E-state index in [9.17, 15) is 14.9 Å². The number of carbonyl (C=O) groups excluding carboxylic acids is 1. The molecule has 1 unspecified atom stereocenters. The van der Waals surface area contributed by atoms with Crippen molar-refractivity contribution in [3.63, 3.8) is 0 Å². The van der Waals surface area contributed by atoms with Crippen LogP contribution in [0.4, 0.5) is 0 Å². The highest BCUT2D eigenvalue weighted by molar-refractivity contribution is 5.79. The maximum atomic E-state index is 10.8. The molecule has 0 aliphatic rings. The maximum Gasteiger partial charge on any atom is 0.413 e. The van der Waals surface area contributed by atoms with Crippen LogP contribution in [0, 0.1) is 10.1 Å². The van der Waals surface area contributed by atoms with E-state index < -0.39 is 16.9 Å². The molecule has 1 aromatic rings. The molecule has 14 heavy (non-hydrogen) atoms. The van der Waals surface area contributed by atoms with Gasteiger partial charge in [-0.15, -0.1) is 0 Å². The zero-order valence-corrected chi connectivity index (χ0v) is 7.54. The van der Waals surface area contributed by atoms with Gasteiger partial charge in [-0.2, -0.15) is 0 Å². The molecule has 0 spiro atoms. The number of hydrogen-bond donors (Lipinski definition) is 0. The summed E-state index contributed by atoms with van der Waals surface area (Å²) in [6.07, 6.45) is -1.61. The molecule has 0 saturated heterocycles. The van der Waals surface area contributed by atoms with Crippen LogP contribution in [0.25, 0.3) is 0 Å². The number of nitro groups is 1. The van der Waals surface area contributed by atoms with Crippen molar-refractivity contribution in [2.75, 3.05) is 0 Å². The van der Waals surface area contributed by atoms with Crippen molar-refractivity contribution in [1.29, 1.82) is 0 Å². The standard InChI is InChI=1S/C9H9NO4/c1-7(11)9(10(12)13)14-8-5-3-2-4-6-8/h2-6,9H,1H3. The van der Waals surface area contributed by atoms with Crippen LogP contribution in [-0.2, 0) is 4.79 Å². The minimum absolute atomic E-state index is 0.310. The van der Waals surface area contributed by atoms with E-state index in [1.807, 2.05) is 0 Å². The van der Waals surface area contributed by atoms with E-state index in [-0.39, 0.29) is 0 Å². The molecule has 0 aliphatic carbocycles. The van der Waals surface area contributed by atoms with Gasteiger partial charge in [-0.05, 0) is 12.1 Å². The molecule has 0 N–H and O–H groups in total. The summed E-state index contributed by atoms with van der Waals surface area (Å²) in [6.45, 7) is 1.12.